The zero-order chi connectivity index (χ0) is 9.14. The summed E-state index contributed by atoms with van der Waals surface area (Å²) in [6, 6.07) is 0. The zero-order valence-corrected chi connectivity index (χ0v) is 8.15. The third-order valence-corrected chi connectivity index (χ3v) is 1.87. The Morgan fingerprint density at radius 3 is 2.25 bits per heavy atom. The maximum absolute atomic E-state index is 4.00. The van der Waals surface area contributed by atoms with Gasteiger partial charge in [-0.25, -0.2) is 0 Å². The van der Waals surface area contributed by atoms with Crippen molar-refractivity contribution in [3.05, 3.63) is 47.1 Å². The quantitative estimate of drug-likeness (QED) is 0.506. The molecule has 12 heavy (non-hydrogen) atoms. The standard InChI is InChI=1S/C12H16/c1-9-5-10(2)7-12(4)8-11(3)6-9/h5,7-8H,1,6H2,2-4H3. The van der Waals surface area contributed by atoms with E-state index in [0.717, 1.165) is 6.42 Å². The monoisotopic (exact) mass is 160 g/mol. The van der Waals surface area contributed by atoms with E-state index in [1.165, 1.54) is 22.3 Å². The first-order chi connectivity index (χ1) is 5.58. The first-order valence-electron chi connectivity index (χ1n) is 4.29. The average Bonchev–Trinajstić information content (AvgIpc) is 1.81. The van der Waals surface area contributed by atoms with Crippen molar-refractivity contribution >= 4 is 0 Å². The van der Waals surface area contributed by atoms with E-state index in [1.807, 2.05) is 0 Å². The average molecular weight is 160 g/mol. The van der Waals surface area contributed by atoms with Gasteiger partial charge in [0.25, 0.3) is 0 Å². The molecule has 0 aromatic rings. The molecule has 0 aromatic carbocycles. The van der Waals surface area contributed by atoms with Gasteiger partial charge < -0.3 is 0 Å². The van der Waals surface area contributed by atoms with E-state index in [2.05, 4.69) is 45.6 Å². The molecule has 0 aromatic heterocycles. The molecule has 0 fully saturated rings. The predicted octanol–water partition coefficient (Wildman–Crippen LogP) is 3.79. The molecule has 0 atom stereocenters. The fourth-order valence-corrected chi connectivity index (χ4v) is 1.61. The summed E-state index contributed by atoms with van der Waals surface area (Å²) in [5, 5.41) is 0. The van der Waals surface area contributed by atoms with Gasteiger partial charge in [-0.3, -0.25) is 0 Å². The largest absolute Gasteiger partial charge is 0.0955 e. The molecule has 0 saturated heterocycles. The molecular formula is C12H16. The van der Waals surface area contributed by atoms with E-state index in [-0.39, 0.29) is 0 Å². The summed E-state index contributed by atoms with van der Waals surface area (Å²) in [6.07, 6.45) is 7.57. The summed E-state index contributed by atoms with van der Waals surface area (Å²) >= 11 is 0. The van der Waals surface area contributed by atoms with Gasteiger partial charge in [0.1, 0.15) is 0 Å². The highest BCUT2D eigenvalue weighted by Crippen LogP contribution is 2.18. The molecule has 0 spiro atoms. The second-order valence-electron chi connectivity index (χ2n) is 3.60. The third-order valence-electron chi connectivity index (χ3n) is 1.87. The highest BCUT2D eigenvalue weighted by atomic mass is 14.0. The topological polar surface area (TPSA) is 0 Å². The molecule has 0 amide bonds. The van der Waals surface area contributed by atoms with Crippen LogP contribution < -0.4 is 0 Å². The molecule has 0 heteroatoms. The van der Waals surface area contributed by atoms with Crippen LogP contribution in [0.5, 0.6) is 0 Å². The molecule has 0 nitrogen and oxygen atoms in total. The number of hydrogen-bond acceptors (Lipinski definition) is 0. The number of rotatable bonds is 0. The van der Waals surface area contributed by atoms with Gasteiger partial charge in [0.2, 0.25) is 0 Å². The summed E-state index contributed by atoms with van der Waals surface area (Å²) in [7, 11) is 0. The maximum Gasteiger partial charge on any atom is -0.00724 e. The van der Waals surface area contributed by atoms with E-state index in [1.54, 1.807) is 0 Å². The van der Waals surface area contributed by atoms with Crippen LogP contribution in [-0.2, 0) is 0 Å². The summed E-state index contributed by atoms with van der Waals surface area (Å²) in [5.74, 6) is 0. The van der Waals surface area contributed by atoms with Gasteiger partial charge in [-0.05, 0) is 27.2 Å². The molecule has 1 aliphatic rings. The molecular weight excluding hydrogens is 144 g/mol. The van der Waals surface area contributed by atoms with Crippen molar-refractivity contribution in [3.8, 4) is 0 Å². The second kappa shape index (κ2) is 3.57. The Labute approximate surface area is 75.0 Å². The van der Waals surface area contributed by atoms with Crippen LogP contribution >= 0.6 is 0 Å². The molecule has 1 rings (SSSR count). The molecule has 0 N–H and O–H groups in total. The minimum atomic E-state index is 1.00. The molecule has 0 aliphatic heterocycles. The van der Waals surface area contributed by atoms with E-state index in [4.69, 9.17) is 0 Å². The Morgan fingerprint density at radius 1 is 1.00 bits per heavy atom. The highest BCUT2D eigenvalue weighted by Gasteiger charge is 1.98. The third kappa shape index (κ3) is 2.54. The van der Waals surface area contributed by atoms with Crippen LogP contribution in [0.3, 0.4) is 0 Å². The first kappa shape index (κ1) is 9.05. The van der Waals surface area contributed by atoms with E-state index >= 15 is 0 Å². The van der Waals surface area contributed by atoms with Gasteiger partial charge in [-0.2, -0.15) is 0 Å². The van der Waals surface area contributed by atoms with Crippen LogP contribution in [0, 0.1) is 0 Å². The molecule has 1 aliphatic carbocycles. The summed E-state index contributed by atoms with van der Waals surface area (Å²) in [6.45, 7) is 10.4. The normalized spacial score (nSPS) is 18.9. The van der Waals surface area contributed by atoms with Gasteiger partial charge in [-0.1, -0.05) is 47.1 Å². The van der Waals surface area contributed by atoms with Gasteiger partial charge in [-0.15, -0.1) is 0 Å². The SMILES string of the molecule is C=C1C=C(C)C=C(C)C=C(C)C1. The van der Waals surface area contributed by atoms with Gasteiger partial charge in [0.05, 0.1) is 0 Å². The Kier molecular flexibility index (Phi) is 2.69. The lowest BCUT2D eigenvalue weighted by Crippen LogP contribution is -1.86. The van der Waals surface area contributed by atoms with Crippen LogP contribution in [0.15, 0.2) is 47.1 Å². The summed E-state index contributed by atoms with van der Waals surface area (Å²) < 4.78 is 0. The van der Waals surface area contributed by atoms with Crippen LogP contribution in [0.25, 0.3) is 0 Å². The minimum absolute atomic E-state index is 1.00. The zero-order valence-electron chi connectivity index (χ0n) is 8.15. The minimum Gasteiger partial charge on any atom is -0.0955 e. The van der Waals surface area contributed by atoms with Crippen molar-refractivity contribution < 1.29 is 0 Å². The Morgan fingerprint density at radius 2 is 1.58 bits per heavy atom. The van der Waals surface area contributed by atoms with E-state index in [9.17, 15) is 0 Å². The second-order valence-corrected chi connectivity index (χ2v) is 3.60. The van der Waals surface area contributed by atoms with Crippen molar-refractivity contribution in [1.29, 1.82) is 0 Å². The Hall–Kier alpha value is -1.04. The molecule has 0 radical (unpaired) electrons. The number of allylic oxidation sites excluding steroid dienone is 7. The van der Waals surface area contributed by atoms with Crippen molar-refractivity contribution in [2.24, 2.45) is 0 Å². The molecule has 64 valence electrons. The van der Waals surface area contributed by atoms with Gasteiger partial charge in [0.15, 0.2) is 0 Å². The van der Waals surface area contributed by atoms with E-state index in [0.29, 0.717) is 0 Å². The van der Waals surface area contributed by atoms with Gasteiger partial charge >= 0.3 is 0 Å². The molecule has 0 bridgehead atoms. The fraction of sp³-hybridized carbons (Fsp3) is 0.333. The van der Waals surface area contributed by atoms with Crippen molar-refractivity contribution in [1.82, 2.24) is 0 Å². The molecule has 0 saturated carbocycles. The lowest BCUT2D eigenvalue weighted by molar-refractivity contribution is 1.13. The van der Waals surface area contributed by atoms with Crippen molar-refractivity contribution in [3.63, 3.8) is 0 Å². The van der Waals surface area contributed by atoms with Crippen molar-refractivity contribution in [2.75, 3.05) is 0 Å². The highest BCUT2D eigenvalue weighted by molar-refractivity contribution is 5.38. The first-order valence-corrected chi connectivity index (χ1v) is 4.29. The Bertz CT molecular complexity index is 285. The lowest BCUT2D eigenvalue weighted by atomic mass is 9.99. The van der Waals surface area contributed by atoms with Crippen LogP contribution in [-0.4, -0.2) is 0 Å². The van der Waals surface area contributed by atoms with Crippen molar-refractivity contribution in [2.45, 2.75) is 27.2 Å². The van der Waals surface area contributed by atoms with Crippen LogP contribution in [0.4, 0.5) is 0 Å². The predicted molar refractivity (Wildman–Crippen MR) is 55.0 cm³/mol. The smallest absolute Gasteiger partial charge is 0.00724 e. The maximum atomic E-state index is 4.00. The fourth-order valence-electron chi connectivity index (χ4n) is 1.61. The Balaban J connectivity index is 3.03. The molecule has 0 unspecified atom stereocenters. The summed E-state index contributed by atoms with van der Waals surface area (Å²) in [4.78, 5) is 0. The van der Waals surface area contributed by atoms with Crippen LogP contribution in [0.2, 0.25) is 0 Å². The summed E-state index contributed by atoms with van der Waals surface area (Å²) in [5.41, 5.74) is 5.21. The van der Waals surface area contributed by atoms with E-state index < -0.39 is 0 Å². The molecule has 0 heterocycles. The number of hydrogen-bond donors (Lipinski definition) is 0. The van der Waals surface area contributed by atoms with Crippen LogP contribution in [0.1, 0.15) is 27.2 Å². The van der Waals surface area contributed by atoms with Gasteiger partial charge in [0, 0.05) is 0 Å². The lowest BCUT2D eigenvalue weighted by Gasteiger charge is -2.07.